The quantitative estimate of drug-likeness (QED) is 0.792. The van der Waals surface area contributed by atoms with E-state index in [2.05, 4.69) is 0 Å². The third-order valence-corrected chi connectivity index (χ3v) is 5.71. The normalized spacial score (nSPS) is 22.4. The van der Waals surface area contributed by atoms with Gasteiger partial charge in [0.15, 0.2) is 15.6 Å². The Morgan fingerprint density at radius 1 is 1.21 bits per heavy atom. The summed E-state index contributed by atoms with van der Waals surface area (Å²) in [5.41, 5.74) is 0.610. The molecule has 0 bridgehead atoms. The van der Waals surface area contributed by atoms with E-state index in [1.165, 1.54) is 0 Å². The van der Waals surface area contributed by atoms with Gasteiger partial charge in [0.2, 0.25) is 5.78 Å². The molecule has 19 heavy (non-hydrogen) atoms. The summed E-state index contributed by atoms with van der Waals surface area (Å²) < 4.78 is 29.4. The summed E-state index contributed by atoms with van der Waals surface area (Å²) in [6, 6.07) is 8.90. The summed E-state index contributed by atoms with van der Waals surface area (Å²) in [4.78, 5) is 12.3. The lowest BCUT2D eigenvalue weighted by Crippen LogP contribution is -2.35. The lowest BCUT2D eigenvalue weighted by Gasteiger charge is -2.19. The maximum atomic E-state index is 12.3. The lowest BCUT2D eigenvalue weighted by atomic mass is 10.1. The van der Waals surface area contributed by atoms with Gasteiger partial charge in [0, 0.05) is 5.39 Å². The van der Waals surface area contributed by atoms with E-state index in [0.717, 1.165) is 11.8 Å². The Bertz CT molecular complexity index is 694. The second kappa shape index (κ2) is 4.49. The molecule has 1 saturated heterocycles. The smallest absolute Gasteiger partial charge is 0.216 e. The van der Waals surface area contributed by atoms with Crippen LogP contribution in [0.5, 0.6) is 0 Å². The van der Waals surface area contributed by atoms with Crippen molar-refractivity contribution in [3.05, 3.63) is 36.1 Å². The zero-order valence-electron chi connectivity index (χ0n) is 10.3. The number of sulfone groups is 1. The Kier molecular flexibility index (Phi) is 2.93. The van der Waals surface area contributed by atoms with Crippen LogP contribution in [0, 0.1) is 0 Å². The van der Waals surface area contributed by atoms with Crippen molar-refractivity contribution in [2.45, 2.75) is 24.5 Å². The van der Waals surface area contributed by atoms with Crippen molar-refractivity contribution in [3.8, 4) is 0 Å². The van der Waals surface area contributed by atoms with E-state index in [0.29, 0.717) is 18.4 Å². The summed E-state index contributed by atoms with van der Waals surface area (Å²) in [6.45, 7) is 0. The van der Waals surface area contributed by atoms with Crippen molar-refractivity contribution in [1.82, 2.24) is 0 Å². The van der Waals surface area contributed by atoms with Gasteiger partial charge in [-0.1, -0.05) is 24.6 Å². The first-order valence-corrected chi connectivity index (χ1v) is 8.04. The molecule has 1 aliphatic heterocycles. The molecule has 0 aliphatic carbocycles. The molecular weight excluding hydrogens is 264 g/mol. The number of hydrogen-bond donors (Lipinski definition) is 0. The number of carbonyl (C=O) groups is 1. The summed E-state index contributed by atoms with van der Waals surface area (Å²) in [6.07, 6.45) is 1.82. The summed E-state index contributed by atoms with van der Waals surface area (Å²) in [7, 11) is -3.32. The fourth-order valence-corrected chi connectivity index (χ4v) is 4.37. The molecule has 0 spiro atoms. The van der Waals surface area contributed by atoms with E-state index in [-0.39, 0.29) is 11.5 Å². The lowest BCUT2D eigenvalue weighted by molar-refractivity contribution is 0.0957. The van der Waals surface area contributed by atoms with E-state index < -0.39 is 20.9 Å². The van der Waals surface area contributed by atoms with Crippen LogP contribution in [0.25, 0.3) is 11.0 Å². The molecule has 1 aromatic heterocycles. The maximum absolute atomic E-state index is 12.3. The third kappa shape index (κ3) is 2.18. The zero-order valence-corrected chi connectivity index (χ0v) is 11.2. The van der Waals surface area contributed by atoms with E-state index in [9.17, 15) is 13.2 Å². The minimum absolute atomic E-state index is 0.101. The Morgan fingerprint density at radius 2 is 2.00 bits per heavy atom. The van der Waals surface area contributed by atoms with Gasteiger partial charge >= 0.3 is 0 Å². The van der Waals surface area contributed by atoms with Crippen LogP contribution < -0.4 is 0 Å². The maximum Gasteiger partial charge on any atom is 0.216 e. The molecule has 2 heterocycles. The number of furan rings is 1. The molecule has 2 aromatic rings. The average Bonchev–Trinajstić information content (AvgIpc) is 2.81. The van der Waals surface area contributed by atoms with Crippen LogP contribution >= 0.6 is 0 Å². The van der Waals surface area contributed by atoms with Gasteiger partial charge in [-0.2, -0.15) is 0 Å². The minimum Gasteiger partial charge on any atom is -0.453 e. The zero-order chi connectivity index (χ0) is 13.5. The molecule has 1 aliphatic rings. The van der Waals surface area contributed by atoms with Crippen LogP contribution in [0.2, 0.25) is 0 Å². The van der Waals surface area contributed by atoms with Crippen LogP contribution in [-0.2, 0) is 9.84 Å². The topological polar surface area (TPSA) is 64.3 Å². The number of Topliss-reactive ketones (excluding diaryl/α,β-unsaturated/α-hetero) is 1. The number of hydrogen-bond acceptors (Lipinski definition) is 4. The number of benzene rings is 1. The number of para-hydroxylation sites is 1. The minimum atomic E-state index is -3.32. The summed E-state index contributed by atoms with van der Waals surface area (Å²) in [5, 5.41) is -0.110. The van der Waals surface area contributed by atoms with Gasteiger partial charge in [-0.05, 0) is 25.0 Å². The van der Waals surface area contributed by atoms with E-state index in [1.54, 1.807) is 12.1 Å². The third-order valence-electron chi connectivity index (χ3n) is 3.54. The predicted octanol–water partition coefficient (Wildman–Crippen LogP) is 2.58. The first kappa shape index (κ1) is 12.4. The second-order valence-electron chi connectivity index (χ2n) is 4.86. The molecular formula is C14H14O4S. The fourth-order valence-electron chi connectivity index (χ4n) is 2.51. The molecule has 0 amide bonds. The van der Waals surface area contributed by atoms with Gasteiger partial charge < -0.3 is 4.42 Å². The molecule has 3 rings (SSSR count). The average molecular weight is 278 g/mol. The molecule has 1 atom stereocenters. The SMILES string of the molecule is O=C(c1cc2ccccc2o1)C1CCCCS1(=O)=O. The Hall–Kier alpha value is -1.62. The Balaban J connectivity index is 1.99. The summed E-state index contributed by atoms with van der Waals surface area (Å²) in [5.74, 6) is -0.156. The van der Waals surface area contributed by atoms with Gasteiger partial charge in [-0.15, -0.1) is 0 Å². The fraction of sp³-hybridized carbons (Fsp3) is 0.357. The largest absolute Gasteiger partial charge is 0.453 e. The summed E-state index contributed by atoms with van der Waals surface area (Å²) >= 11 is 0. The standard InChI is InChI=1S/C14H14O4S/c15-14(13-7-3-4-8-19(13,16)17)12-9-10-5-1-2-6-11(10)18-12/h1-2,5-6,9,13H,3-4,7-8H2. The van der Waals surface area contributed by atoms with Crippen molar-refractivity contribution in [1.29, 1.82) is 0 Å². The molecule has 1 fully saturated rings. The van der Waals surface area contributed by atoms with Crippen molar-refractivity contribution in [2.24, 2.45) is 0 Å². The highest BCUT2D eigenvalue weighted by Crippen LogP contribution is 2.26. The molecule has 5 heteroatoms. The number of rotatable bonds is 2. The van der Waals surface area contributed by atoms with Gasteiger partial charge in [0.25, 0.3) is 0 Å². The molecule has 4 nitrogen and oxygen atoms in total. The van der Waals surface area contributed by atoms with Crippen molar-refractivity contribution in [2.75, 3.05) is 5.75 Å². The van der Waals surface area contributed by atoms with E-state index in [1.807, 2.05) is 18.2 Å². The van der Waals surface area contributed by atoms with Gasteiger partial charge in [0.05, 0.1) is 5.75 Å². The molecule has 0 N–H and O–H groups in total. The van der Waals surface area contributed by atoms with Crippen LogP contribution in [0.1, 0.15) is 29.8 Å². The monoisotopic (exact) mass is 278 g/mol. The Labute approximate surface area is 111 Å². The number of fused-ring (bicyclic) bond motifs is 1. The molecule has 1 aromatic carbocycles. The van der Waals surface area contributed by atoms with E-state index >= 15 is 0 Å². The molecule has 100 valence electrons. The molecule has 0 radical (unpaired) electrons. The van der Waals surface area contributed by atoms with Crippen molar-refractivity contribution >= 4 is 26.6 Å². The number of ketones is 1. The van der Waals surface area contributed by atoms with Crippen LogP contribution in [0.15, 0.2) is 34.7 Å². The molecule has 1 unspecified atom stereocenters. The second-order valence-corrected chi connectivity index (χ2v) is 7.17. The highest BCUT2D eigenvalue weighted by atomic mass is 32.2. The highest BCUT2D eigenvalue weighted by molar-refractivity contribution is 7.92. The first-order valence-electron chi connectivity index (χ1n) is 6.32. The van der Waals surface area contributed by atoms with Gasteiger partial charge in [-0.25, -0.2) is 8.42 Å². The van der Waals surface area contributed by atoms with Crippen LogP contribution in [0.3, 0.4) is 0 Å². The Morgan fingerprint density at radius 3 is 2.74 bits per heavy atom. The van der Waals surface area contributed by atoms with Crippen molar-refractivity contribution < 1.29 is 17.6 Å². The predicted molar refractivity (Wildman–Crippen MR) is 72.0 cm³/mol. The van der Waals surface area contributed by atoms with Crippen LogP contribution in [0.4, 0.5) is 0 Å². The highest BCUT2D eigenvalue weighted by Gasteiger charge is 2.36. The van der Waals surface area contributed by atoms with Crippen molar-refractivity contribution in [3.63, 3.8) is 0 Å². The van der Waals surface area contributed by atoms with E-state index in [4.69, 9.17) is 4.42 Å². The number of carbonyl (C=O) groups excluding carboxylic acids is 1. The van der Waals surface area contributed by atoms with Gasteiger partial charge in [-0.3, -0.25) is 4.79 Å². The first-order chi connectivity index (χ1) is 9.08. The van der Waals surface area contributed by atoms with Gasteiger partial charge in [0.1, 0.15) is 10.8 Å². The molecule has 0 saturated carbocycles. The van der Waals surface area contributed by atoms with Crippen LogP contribution in [-0.4, -0.2) is 25.2 Å².